The SMILES string of the molecule is CCn1c(COc2ccc3ccc(OC)cc3c2)n[nH]c1=S. The third-order valence-corrected chi connectivity index (χ3v) is 3.85. The van der Waals surface area contributed by atoms with Crippen molar-refractivity contribution >= 4 is 23.0 Å². The Balaban J connectivity index is 1.83. The van der Waals surface area contributed by atoms with Crippen molar-refractivity contribution in [3.63, 3.8) is 0 Å². The van der Waals surface area contributed by atoms with E-state index < -0.39 is 0 Å². The van der Waals surface area contributed by atoms with Crippen molar-refractivity contribution in [1.82, 2.24) is 14.8 Å². The number of methoxy groups -OCH3 is 1. The second-order valence-corrected chi connectivity index (χ2v) is 5.24. The van der Waals surface area contributed by atoms with E-state index in [0.29, 0.717) is 11.4 Å². The average molecular weight is 315 g/mol. The van der Waals surface area contributed by atoms with Crippen LogP contribution in [-0.4, -0.2) is 21.9 Å². The summed E-state index contributed by atoms with van der Waals surface area (Å²) < 4.78 is 13.6. The van der Waals surface area contributed by atoms with Crippen LogP contribution in [0.4, 0.5) is 0 Å². The molecule has 0 unspecified atom stereocenters. The van der Waals surface area contributed by atoms with Crippen molar-refractivity contribution < 1.29 is 9.47 Å². The highest BCUT2D eigenvalue weighted by atomic mass is 32.1. The monoisotopic (exact) mass is 315 g/mol. The number of nitrogens with one attached hydrogen (secondary N) is 1. The number of H-pyrrole nitrogens is 1. The van der Waals surface area contributed by atoms with Gasteiger partial charge in [-0.2, -0.15) is 5.10 Å². The van der Waals surface area contributed by atoms with Gasteiger partial charge in [-0.25, -0.2) is 0 Å². The minimum absolute atomic E-state index is 0.371. The second-order valence-electron chi connectivity index (χ2n) is 4.85. The molecule has 0 bridgehead atoms. The van der Waals surface area contributed by atoms with Gasteiger partial charge >= 0.3 is 0 Å². The Kier molecular flexibility index (Phi) is 4.11. The van der Waals surface area contributed by atoms with E-state index in [4.69, 9.17) is 21.7 Å². The minimum Gasteiger partial charge on any atom is -0.497 e. The first-order chi connectivity index (χ1) is 10.7. The lowest BCUT2D eigenvalue weighted by atomic mass is 10.1. The van der Waals surface area contributed by atoms with Crippen molar-refractivity contribution in [1.29, 1.82) is 0 Å². The third-order valence-electron chi connectivity index (χ3n) is 3.54. The van der Waals surface area contributed by atoms with Gasteiger partial charge in [-0.05, 0) is 54.2 Å². The molecule has 22 heavy (non-hydrogen) atoms. The first kappa shape index (κ1) is 14.6. The molecule has 2 aromatic carbocycles. The van der Waals surface area contributed by atoms with E-state index in [-0.39, 0.29) is 0 Å². The molecule has 0 atom stereocenters. The molecule has 0 saturated heterocycles. The number of ether oxygens (including phenoxy) is 2. The molecule has 6 heteroatoms. The third kappa shape index (κ3) is 2.82. The molecular formula is C16H17N3O2S. The predicted molar refractivity (Wildman–Crippen MR) is 87.9 cm³/mol. The van der Waals surface area contributed by atoms with Crippen molar-refractivity contribution in [3.05, 3.63) is 47.0 Å². The molecule has 3 rings (SSSR count). The van der Waals surface area contributed by atoms with Crippen LogP contribution >= 0.6 is 12.2 Å². The quantitative estimate of drug-likeness (QED) is 0.729. The van der Waals surface area contributed by atoms with Crippen LogP contribution in [0.5, 0.6) is 11.5 Å². The number of aromatic nitrogens is 3. The largest absolute Gasteiger partial charge is 0.497 e. The van der Waals surface area contributed by atoms with Crippen LogP contribution in [0.1, 0.15) is 12.7 Å². The Labute approximate surface area is 133 Å². The highest BCUT2D eigenvalue weighted by Gasteiger charge is 2.06. The molecule has 0 amide bonds. The van der Waals surface area contributed by atoms with Crippen LogP contribution in [0.25, 0.3) is 10.8 Å². The van der Waals surface area contributed by atoms with Gasteiger partial charge in [0.25, 0.3) is 0 Å². The van der Waals surface area contributed by atoms with E-state index in [1.54, 1.807) is 7.11 Å². The zero-order chi connectivity index (χ0) is 15.5. The topological polar surface area (TPSA) is 52.1 Å². The molecule has 0 fully saturated rings. The summed E-state index contributed by atoms with van der Waals surface area (Å²) in [5.74, 6) is 2.41. The summed E-state index contributed by atoms with van der Waals surface area (Å²) in [7, 11) is 1.66. The molecule has 0 spiro atoms. The first-order valence-electron chi connectivity index (χ1n) is 7.06. The number of aromatic amines is 1. The van der Waals surface area contributed by atoms with Gasteiger partial charge in [-0.15, -0.1) is 0 Å². The van der Waals surface area contributed by atoms with Gasteiger partial charge in [0.2, 0.25) is 0 Å². The summed E-state index contributed by atoms with van der Waals surface area (Å²) in [5, 5.41) is 9.20. The molecule has 0 radical (unpaired) electrons. The predicted octanol–water partition coefficient (Wildman–Crippen LogP) is 3.70. The molecule has 0 aliphatic heterocycles. The minimum atomic E-state index is 0.371. The molecule has 0 aliphatic rings. The van der Waals surface area contributed by atoms with Gasteiger partial charge in [0.1, 0.15) is 18.1 Å². The molecule has 0 aliphatic carbocycles. The fourth-order valence-electron chi connectivity index (χ4n) is 2.35. The lowest BCUT2D eigenvalue weighted by Gasteiger charge is -2.08. The summed E-state index contributed by atoms with van der Waals surface area (Å²) >= 11 is 5.17. The maximum absolute atomic E-state index is 5.84. The summed E-state index contributed by atoms with van der Waals surface area (Å²) in [6.07, 6.45) is 0. The number of benzene rings is 2. The van der Waals surface area contributed by atoms with Gasteiger partial charge in [0, 0.05) is 6.54 Å². The molecule has 1 aromatic heterocycles. The molecule has 3 aromatic rings. The molecular weight excluding hydrogens is 298 g/mol. The molecule has 1 heterocycles. The van der Waals surface area contributed by atoms with Crippen molar-refractivity contribution in [2.45, 2.75) is 20.1 Å². The van der Waals surface area contributed by atoms with E-state index in [2.05, 4.69) is 10.2 Å². The van der Waals surface area contributed by atoms with Gasteiger partial charge in [-0.3, -0.25) is 5.10 Å². The lowest BCUT2D eigenvalue weighted by molar-refractivity contribution is 0.289. The maximum atomic E-state index is 5.84. The van der Waals surface area contributed by atoms with E-state index >= 15 is 0 Å². The van der Waals surface area contributed by atoms with Crippen molar-refractivity contribution in [2.24, 2.45) is 0 Å². The van der Waals surface area contributed by atoms with Gasteiger partial charge in [-0.1, -0.05) is 12.1 Å². The summed E-state index contributed by atoms with van der Waals surface area (Å²) in [6.45, 7) is 3.16. The average Bonchev–Trinajstić information content (AvgIpc) is 2.91. The summed E-state index contributed by atoms with van der Waals surface area (Å²) in [4.78, 5) is 0. The number of rotatable bonds is 5. The van der Waals surface area contributed by atoms with Crippen LogP contribution in [-0.2, 0) is 13.2 Å². The maximum Gasteiger partial charge on any atom is 0.195 e. The number of hydrogen-bond donors (Lipinski definition) is 1. The van der Waals surface area contributed by atoms with E-state index in [0.717, 1.165) is 34.6 Å². The zero-order valence-electron chi connectivity index (χ0n) is 12.5. The second kappa shape index (κ2) is 6.19. The van der Waals surface area contributed by atoms with Gasteiger partial charge < -0.3 is 14.0 Å². The van der Waals surface area contributed by atoms with Gasteiger partial charge in [0.05, 0.1) is 7.11 Å². The Morgan fingerprint density at radius 2 is 1.86 bits per heavy atom. The van der Waals surface area contributed by atoms with Crippen molar-refractivity contribution in [2.75, 3.05) is 7.11 Å². The molecule has 114 valence electrons. The Bertz CT molecular complexity index is 854. The van der Waals surface area contributed by atoms with Crippen molar-refractivity contribution in [3.8, 4) is 11.5 Å². The zero-order valence-corrected chi connectivity index (χ0v) is 13.3. The Morgan fingerprint density at radius 1 is 1.14 bits per heavy atom. The number of fused-ring (bicyclic) bond motifs is 1. The first-order valence-corrected chi connectivity index (χ1v) is 7.46. The molecule has 0 saturated carbocycles. The molecule has 5 nitrogen and oxygen atoms in total. The standard InChI is InChI=1S/C16H17N3O2S/c1-3-19-15(17-18-16(19)22)10-21-14-7-5-11-4-6-13(20-2)8-12(11)9-14/h4-9H,3,10H2,1-2H3,(H,18,22). The number of hydrogen-bond acceptors (Lipinski definition) is 4. The van der Waals surface area contributed by atoms with Crippen LogP contribution in [0.2, 0.25) is 0 Å². The van der Waals surface area contributed by atoms with Crippen LogP contribution in [0, 0.1) is 4.77 Å². The molecule has 1 N–H and O–H groups in total. The Morgan fingerprint density at radius 3 is 2.59 bits per heavy atom. The normalized spacial score (nSPS) is 10.8. The van der Waals surface area contributed by atoms with E-state index in [1.807, 2.05) is 47.9 Å². The fraction of sp³-hybridized carbons (Fsp3) is 0.250. The van der Waals surface area contributed by atoms with Crippen LogP contribution < -0.4 is 9.47 Å². The van der Waals surface area contributed by atoms with Gasteiger partial charge in [0.15, 0.2) is 10.6 Å². The van der Waals surface area contributed by atoms with Crippen LogP contribution in [0.3, 0.4) is 0 Å². The van der Waals surface area contributed by atoms with E-state index in [9.17, 15) is 0 Å². The smallest absolute Gasteiger partial charge is 0.195 e. The fourth-order valence-corrected chi connectivity index (χ4v) is 2.63. The summed E-state index contributed by atoms with van der Waals surface area (Å²) in [5.41, 5.74) is 0. The highest BCUT2D eigenvalue weighted by Crippen LogP contribution is 2.25. The lowest BCUT2D eigenvalue weighted by Crippen LogP contribution is -2.06. The number of nitrogens with zero attached hydrogens (tertiary/aromatic N) is 2. The van der Waals surface area contributed by atoms with Crippen LogP contribution in [0.15, 0.2) is 36.4 Å². The highest BCUT2D eigenvalue weighted by molar-refractivity contribution is 7.71. The van der Waals surface area contributed by atoms with E-state index in [1.165, 1.54) is 0 Å². The Hall–Kier alpha value is -2.34. The summed E-state index contributed by atoms with van der Waals surface area (Å²) in [6, 6.07) is 11.9.